The number of thiazole rings is 2. The first kappa shape index (κ1) is 24.0. The third kappa shape index (κ3) is 4.25. The van der Waals surface area contributed by atoms with E-state index in [4.69, 9.17) is 10.6 Å². The number of aliphatic carboxylic acids is 1. The van der Waals surface area contributed by atoms with E-state index in [9.17, 15) is 19.5 Å². The number of hydrogen-bond acceptors (Lipinski definition) is 11. The number of amides is 2. The third-order valence-electron chi connectivity index (χ3n) is 5.39. The lowest BCUT2D eigenvalue weighted by Gasteiger charge is -2.49. The van der Waals surface area contributed by atoms with Gasteiger partial charge in [0, 0.05) is 16.5 Å². The van der Waals surface area contributed by atoms with Gasteiger partial charge in [-0.1, -0.05) is 11.2 Å². The smallest absolute Gasteiger partial charge is 0.352 e. The number of allylic oxidation sites excluding steroid dienone is 1. The van der Waals surface area contributed by atoms with Crippen LogP contribution in [0, 0.1) is 0 Å². The number of carbonyl (C=O) groups is 3. The molecule has 2 amide bonds. The molecular formula is C21H19N7O5S3. The number of anilines is 1. The second-order valence-corrected chi connectivity index (χ2v) is 10.4. The molecule has 0 saturated carbocycles. The van der Waals surface area contributed by atoms with Crippen LogP contribution >= 0.6 is 34.4 Å². The molecular weight excluding hydrogens is 526 g/mol. The zero-order chi connectivity index (χ0) is 25.4. The van der Waals surface area contributed by atoms with Gasteiger partial charge in [-0.15, -0.1) is 34.4 Å². The van der Waals surface area contributed by atoms with E-state index in [2.05, 4.69) is 20.4 Å². The molecule has 186 valence electrons. The molecule has 5 heterocycles. The van der Waals surface area contributed by atoms with Crippen LogP contribution in [-0.2, 0) is 19.2 Å². The number of fused-ring (bicyclic) bond motifs is 2. The minimum absolute atomic E-state index is 0.0990. The van der Waals surface area contributed by atoms with Gasteiger partial charge in [-0.25, -0.2) is 14.8 Å². The van der Waals surface area contributed by atoms with Gasteiger partial charge in [0.05, 0.1) is 11.9 Å². The maximum atomic E-state index is 13.0. The maximum Gasteiger partial charge on any atom is 0.352 e. The number of rotatable bonds is 8. The predicted octanol–water partition coefficient (Wildman–Crippen LogP) is 1.63. The lowest BCUT2D eigenvalue weighted by Crippen LogP contribution is -2.71. The first-order chi connectivity index (χ1) is 17.4. The Kier molecular flexibility index (Phi) is 6.51. The summed E-state index contributed by atoms with van der Waals surface area (Å²) < 4.78 is 1.89. The van der Waals surface area contributed by atoms with Crippen molar-refractivity contribution in [2.75, 3.05) is 18.1 Å². The number of imidazole rings is 1. The molecule has 2 aliphatic rings. The van der Waals surface area contributed by atoms with Crippen LogP contribution in [0.15, 0.2) is 45.8 Å². The predicted molar refractivity (Wildman–Crippen MR) is 136 cm³/mol. The molecule has 0 radical (unpaired) electrons. The van der Waals surface area contributed by atoms with Gasteiger partial charge >= 0.3 is 5.97 Å². The summed E-state index contributed by atoms with van der Waals surface area (Å²) >= 11 is 4.02. The fourth-order valence-electron chi connectivity index (χ4n) is 3.76. The van der Waals surface area contributed by atoms with Crippen LogP contribution < -0.4 is 11.1 Å². The highest BCUT2D eigenvalue weighted by atomic mass is 32.2. The average Bonchev–Trinajstić information content (AvgIpc) is 3.59. The number of carboxylic acid groups (broad SMARTS) is 1. The summed E-state index contributed by atoms with van der Waals surface area (Å²) in [5.41, 5.74) is 7.03. The zero-order valence-electron chi connectivity index (χ0n) is 18.7. The maximum absolute atomic E-state index is 13.0. The van der Waals surface area contributed by atoms with Crippen LogP contribution in [0.5, 0.6) is 0 Å². The van der Waals surface area contributed by atoms with Gasteiger partial charge in [-0.2, -0.15) is 0 Å². The summed E-state index contributed by atoms with van der Waals surface area (Å²) in [6.45, 7) is 1.94. The highest BCUT2D eigenvalue weighted by molar-refractivity contribution is 8.00. The minimum atomic E-state index is -1.22. The summed E-state index contributed by atoms with van der Waals surface area (Å²) in [7, 11) is 0. The lowest BCUT2D eigenvalue weighted by atomic mass is 10.0. The number of nitrogens with two attached hydrogens (primary N) is 1. The van der Waals surface area contributed by atoms with E-state index in [1.54, 1.807) is 37.0 Å². The van der Waals surface area contributed by atoms with Crippen molar-refractivity contribution in [1.29, 1.82) is 0 Å². The molecule has 0 spiro atoms. The Morgan fingerprint density at radius 1 is 1.36 bits per heavy atom. The molecule has 4 N–H and O–H groups in total. The summed E-state index contributed by atoms with van der Waals surface area (Å²) in [6, 6.07) is -0.923. The quantitative estimate of drug-likeness (QED) is 0.217. The molecule has 3 aromatic rings. The van der Waals surface area contributed by atoms with Gasteiger partial charge in [-0.05, 0) is 18.6 Å². The standard InChI is InChI=1S/C21H19N7O5S3/c1-2-33-26-14(12-8-36-21(22)24-12)17(29)25-15-18(30)28-16(20(31)32)10(6-35-19(15)28)3-4-11-7-34-13-5-23-9-27(11)13/h3-5,7-9,15,19H,2,6H2,1H3,(H2,22,24)(H,25,29)(H,31,32)/b4-3+,26-14-/t15-,19-/m1/s1. The van der Waals surface area contributed by atoms with Crippen molar-refractivity contribution in [3.05, 3.63) is 52.0 Å². The van der Waals surface area contributed by atoms with Crippen molar-refractivity contribution in [3.8, 4) is 0 Å². The van der Waals surface area contributed by atoms with Crippen molar-refractivity contribution in [2.24, 2.45) is 5.16 Å². The van der Waals surface area contributed by atoms with Gasteiger partial charge in [0.15, 0.2) is 10.8 Å². The fraction of sp³-hybridized carbons (Fsp3) is 0.238. The van der Waals surface area contributed by atoms with E-state index < -0.39 is 29.2 Å². The Hall–Kier alpha value is -3.69. The van der Waals surface area contributed by atoms with Crippen molar-refractivity contribution < 1.29 is 24.3 Å². The lowest BCUT2D eigenvalue weighted by molar-refractivity contribution is -0.150. The molecule has 1 fully saturated rings. The summed E-state index contributed by atoms with van der Waals surface area (Å²) in [4.78, 5) is 53.5. The molecule has 12 nitrogen and oxygen atoms in total. The first-order valence-corrected chi connectivity index (χ1v) is 13.4. The zero-order valence-corrected chi connectivity index (χ0v) is 21.1. The van der Waals surface area contributed by atoms with E-state index in [-0.39, 0.29) is 28.8 Å². The van der Waals surface area contributed by atoms with E-state index in [0.717, 1.165) is 21.9 Å². The number of thioether (sulfide) groups is 1. The van der Waals surface area contributed by atoms with Crippen molar-refractivity contribution in [3.63, 3.8) is 0 Å². The highest BCUT2D eigenvalue weighted by Gasteiger charge is 2.54. The molecule has 3 aromatic heterocycles. The number of nitrogens with one attached hydrogen (secondary N) is 1. The number of nitrogen functional groups attached to an aromatic ring is 1. The summed E-state index contributed by atoms with van der Waals surface area (Å²) in [5, 5.41) is 19.6. The molecule has 0 unspecified atom stereocenters. The van der Waals surface area contributed by atoms with Crippen molar-refractivity contribution >= 4 is 74.0 Å². The number of hydrogen-bond donors (Lipinski definition) is 3. The molecule has 5 rings (SSSR count). The minimum Gasteiger partial charge on any atom is -0.477 e. The number of β-lactam (4-membered cyclic amide) rings is 1. The molecule has 0 aliphatic carbocycles. The second-order valence-electron chi connectivity index (χ2n) is 7.56. The van der Waals surface area contributed by atoms with Gasteiger partial charge < -0.3 is 21.0 Å². The molecule has 1 saturated heterocycles. The average molecular weight is 546 g/mol. The van der Waals surface area contributed by atoms with Gasteiger partial charge in [0.25, 0.3) is 11.8 Å². The molecule has 15 heteroatoms. The monoisotopic (exact) mass is 545 g/mol. The number of aromatic nitrogens is 3. The Morgan fingerprint density at radius 2 is 2.19 bits per heavy atom. The van der Waals surface area contributed by atoms with Crippen LogP contribution in [0.25, 0.3) is 10.9 Å². The van der Waals surface area contributed by atoms with E-state index in [1.165, 1.54) is 28.0 Å². The van der Waals surface area contributed by atoms with E-state index in [0.29, 0.717) is 11.3 Å². The SMILES string of the molecule is CCO/N=C(\C(=O)N[C@@H]1C(=O)N2C(C(=O)O)=C(/C=C/c3csc4cncn34)CS[C@H]12)c1csc(N)n1. The van der Waals surface area contributed by atoms with E-state index in [1.807, 2.05) is 9.78 Å². The Morgan fingerprint density at radius 3 is 2.92 bits per heavy atom. The second kappa shape index (κ2) is 9.75. The van der Waals surface area contributed by atoms with Crippen LogP contribution in [0.4, 0.5) is 5.13 Å². The fourth-order valence-corrected chi connectivity index (χ4v) is 6.45. The number of carbonyl (C=O) groups excluding carboxylic acids is 2. The number of carboxylic acids is 1. The van der Waals surface area contributed by atoms with Crippen LogP contribution in [0.3, 0.4) is 0 Å². The first-order valence-electron chi connectivity index (χ1n) is 10.6. The van der Waals surface area contributed by atoms with E-state index >= 15 is 0 Å². The Labute approximate surface area is 216 Å². The topological polar surface area (TPSA) is 165 Å². The largest absolute Gasteiger partial charge is 0.477 e. The molecule has 36 heavy (non-hydrogen) atoms. The molecule has 2 aliphatic heterocycles. The molecule has 0 bridgehead atoms. The Balaban J connectivity index is 1.36. The summed E-state index contributed by atoms with van der Waals surface area (Å²) in [5.74, 6) is -2.06. The normalized spacial score (nSPS) is 20.1. The van der Waals surface area contributed by atoms with Crippen LogP contribution in [0.1, 0.15) is 18.3 Å². The highest BCUT2D eigenvalue weighted by Crippen LogP contribution is 2.41. The van der Waals surface area contributed by atoms with Crippen LogP contribution in [-0.4, -0.2) is 71.6 Å². The van der Waals surface area contributed by atoms with Gasteiger partial charge in [-0.3, -0.25) is 18.9 Å². The van der Waals surface area contributed by atoms with Gasteiger partial charge in [0.2, 0.25) is 0 Å². The third-order valence-corrected chi connectivity index (χ3v) is 8.27. The Bertz CT molecular complexity index is 1450. The number of nitrogens with zero attached hydrogens (tertiary/aromatic N) is 5. The van der Waals surface area contributed by atoms with Gasteiger partial charge in [0.1, 0.15) is 40.6 Å². The van der Waals surface area contributed by atoms with Crippen LogP contribution in [0.2, 0.25) is 0 Å². The molecule has 2 atom stereocenters. The van der Waals surface area contributed by atoms with Crippen molar-refractivity contribution in [2.45, 2.75) is 18.3 Å². The summed E-state index contributed by atoms with van der Waals surface area (Å²) in [6.07, 6.45) is 6.92. The van der Waals surface area contributed by atoms with Crippen molar-refractivity contribution in [1.82, 2.24) is 24.6 Å². The number of oxime groups is 1. The molecule has 0 aromatic carbocycles.